The van der Waals surface area contributed by atoms with Crippen LogP contribution < -0.4 is 4.90 Å². The van der Waals surface area contributed by atoms with Gasteiger partial charge in [-0.2, -0.15) is 0 Å². The number of nitrogens with zero attached hydrogens (tertiary/aromatic N) is 1. The average molecular weight is 598 g/mol. The zero-order valence-corrected chi connectivity index (χ0v) is 27.9. The summed E-state index contributed by atoms with van der Waals surface area (Å²) < 4.78 is 0. The lowest BCUT2D eigenvalue weighted by Gasteiger charge is -2.36. The molecule has 0 radical (unpaired) electrons. The van der Waals surface area contributed by atoms with Crippen molar-refractivity contribution in [2.75, 3.05) is 4.90 Å². The molecule has 0 spiro atoms. The molecule has 0 aromatic heterocycles. The molecule has 0 unspecified atom stereocenters. The quantitative estimate of drug-likeness (QED) is 0.191. The number of rotatable bonds is 5. The molecule has 0 amide bonds. The van der Waals surface area contributed by atoms with Gasteiger partial charge in [-0.1, -0.05) is 157 Å². The summed E-state index contributed by atoms with van der Waals surface area (Å²) in [5.41, 5.74) is 13.5. The Bertz CT molecular complexity index is 1910. The number of hydrogen-bond donors (Lipinski definition) is 0. The third kappa shape index (κ3) is 4.95. The highest BCUT2D eigenvalue weighted by Gasteiger charge is 2.47. The van der Waals surface area contributed by atoms with Crippen molar-refractivity contribution in [3.63, 3.8) is 0 Å². The van der Waals surface area contributed by atoms with Crippen LogP contribution in [0.3, 0.4) is 0 Å². The molecule has 6 aromatic rings. The zero-order chi connectivity index (χ0) is 32.1. The van der Waals surface area contributed by atoms with E-state index in [1.165, 1.54) is 44.5 Å². The Morgan fingerprint density at radius 1 is 0.391 bits per heavy atom. The van der Waals surface area contributed by atoms with Gasteiger partial charge in [-0.15, -0.1) is 0 Å². The third-order valence-corrected chi connectivity index (χ3v) is 9.64. The fourth-order valence-electron chi connectivity index (χ4n) is 7.23. The molecule has 0 N–H and O–H groups in total. The third-order valence-electron chi connectivity index (χ3n) is 9.64. The van der Waals surface area contributed by atoms with Crippen LogP contribution in [0.25, 0.3) is 11.1 Å². The second kappa shape index (κ2) is 11.2. The number of para-hydroxylation sites is 2. The summed E-state index contributed by atoms with van der Waals surface area (Å²) in [7, 11) is 0. The second-order valence-electron chi connectivity index (χ2n) is 14.7. The van der Waals surface area contributed by atoms with E-state index < -0.39 is 5.41 Å². The van der Waals surface area contributed by atoms with Gasteiger partial charge in [0.05, 0.1) is 5.41 Å². The van der Waals surface area contributed by atoms with Crippen LogP contribution in [0, 0.1) is 0 Å². The summed E-state index contributed by atoms with van der Waals surface area (Å²) in [4.78, 5) is 2.38. The molecular weight excluding hydrogens is 555 g/mol. The van der Waals surface area contributed by atoms with E-state index >= 15 is 0 Å². The molecular formula is C45H43N. The fourth-order valence-corrected chi connectivity index (χ4v) is 7.23. The van der Waals surface area contributed by atoms with Gasteiger partial charge in [0.15, 0.2) is 0 Å². The van der Waals surface area contributed by atoms with Crippen molar-refractivity contribution < 1.29 is 0 Å². The highest BCUT2D eigenvalue weighted by molar-refractivity contribution is 5.89. The van der Waals surface area contributed by atoms with Crippen LogP contribution in [-0.2, 0) is 16.2 Å². The lowest BCUT2D eigenvalue weighted by Crippen LogP contribution is -2.30. The summed E-state index contributed by atoms with van der Waals surface area (Å²) in [5, 5.41) is 0. The predicted octanol–water partition coefficient (Wildman–Crippen LogP) is 12.1. The normalized spacial score (nSPS) is 13.6. The van der Waals surface area contributed by atoms with Crippen LogP contribution in [-0.4, -0.2) is 0 Å². The molecule has 1 aliphatic carbocycles. The van der Waals surface area contributed by atoms with Crippen molar-refractivity contribution >= 4 is 17.1 Å². The highest BCUT2D eigenvalue weighted by Crippen LogP contribution is 2.57. The van der Waals surface area contributed by atoms with Crippen LogP contribution in [0.5, 0.6) is 0 Å². The summed E-state index contributed by atoms with van der Waals surface area (Å²) >= 11 is 0. The van der Waals surface area contributed by atoms with E-state index in [0.717, 1.165) is 17.1 Å². The van der Waals surface area contributed by atoms with Gasteiger partial charge in [-0.05, 0) is 91.7 Å². The van der Waals surface area contributed by atoms with E-state index in [-0.39, 0.29) is 10.8 Å². The smallest absolute Gasteiger partial charge is 0.0714 e. The van der Waals surface area contributed by atoms with E-state index in [4.69, 9.17) is 0 Å². The lowest BCUT2D eigenvalue weighted by atomic mass is 9.66. The minimum atomic E-state index is -0.497. The summed E-state index contributed by atoms with van der Waals surface area (Å²) in [6, 6.07) is 56.3. The fraction of sp³-hybridized carbons (Fsp3) is 0.200. The first-order chi connectivity index (χ1) is 22.1. The van der Waals surface area contributed by atoms with Crippen molar-refractivity contribution in [1.82, 2.24) is 0 Å². The van der Waals surface area contributed by atoms with Crippen LogP contribution >= 0.6 is 0 Å². The molecule has 1 nitrogen and oxygen atoms in total. The van der Waals surface area contributed by atoms with Crippen molar-refractivity contribution in [2.24, 2.45) is 0 Å². The van der Waals surface area contributed by atoms with Crippen LogP contribution in [0.15, 0.2) is 152 Å². The molecule has 0 aliphatic heterocycles. The van der Waals surface area contributed by atoms with Crippen LogP contribution in [0.4, 0.5) is 17.1 Å². The van der Waals surface area contributed by atoms with E-state index in [1.807, 2.05) is 0 Å². The minimum Gasteiger partial charge on any atom is -0.310 e. The molecule has 7 rings (SSSR count). The molecule has 0 atom stereocenters. The van der Waals surface area contributed by atoms with Gasteiger partial charge >= 0.3 is 0 Å². The average Bonchev–Trinajstić information content (AvgIpc) is 3.36. The summed E-state index contributed by atoms with van der Waals surface area (Å²) in [5.74, 6) is 0. The van der Waals surface area contributed by atoms with Crippen LogP contribution in [0.2, 0.25) is 0 Å². The van der Waals surface area contributed by atoms with Gasteiger partial charge in [0.1, 0.15) is 0 Å². The number of hydrogen-bond acceptors (Lipinski definition) is 1. The topological polar surface area (TPSA) is 3.24 Å². The largest absolute Gasteiger partial charge is 0.310 e. The summed E-state index contributed by atoms with van der Waals surface area (Å²) in [6.07, 6.45) is 0. The number of fused-ring (bicyclic) bond motifs is 3. The lowest BCUT2D eigenvalue weighted by molar-refractivity contribution is 0.585. The van der Waals surface area contributed by atoms with Gasteiger partial charge < -0.3 is 4.90 Å². The Morgan fingerprint density at radius 3 is 1.39 bits per heavy atom. The molecule has 0 fully saturated rings. The Labute approximate surface area is 275 Å². The van der Waals surface area contributed by atoms with Crippen LogP contribution in [0.1, 0.15) is 74.9 Å². The molecule has 0 bridgehead atoms. The molecule has 1 aliphatic rings. The molecule has 228 valence electrons. The van der Waals surface area contributed by atoms with E-state index in [9.17, 15) is 0 Å². The summed E-state index contributed by atoms with van der Waals surface area (Å²) in [6.45, 7) is 13.9. The van der Waals surface area contributed by atoms with Gasteiger partial charge in [0.25, 0.3) is 0 Å². The van der Waals surface area contributed by atoms with E-state index in [0.29, 0.717) is 0 Å². The van der Waals surface area contributed by atoms with Gasteiger partial charge in [-0.3, -0.25) is 0 Å². The molecule has 6 aromatic carbocycles. The van der Waals surface area contributed by atoms with Gasteiger partial charge in [0.2, 0.25) is 0 Å². The SMILES string of the molecule is CC(C)(C)c1cccc(C2(c3cccc(C(C)(C)C)c3)c3ccccc3-c3ccc(N(c4ccccc4)c4ccccc4)cc32)c1. The maximum atomic E-state index is 2.47. The molecule has 0 saturated carbocycles. The zero-order valence-electron chi connectivity index (χ0n) is 27.9. The molecule has 1 heteroatoms. The Balaban J connectivity index is 1.58. The first-order valence-corrected chi connectivity index (χ1v) is 16.5. The van der Waals surface area contributed by atoms with Crippen molar-refractivity contribution in [2.45, 2.75) is 57.8 Å². The second-order valence-corrected chi connectivity index (χ2v) is 14.7. The maximum Gasteiger partial charge on any atom is 0.0714 e. The van der Waals surface area contributed by atoms with Crippen molar-refractivity contribution in [3.05, 3.63) is 185 Å². The first-order valence-electron chi connectivity index (χ1n) is 16.5. The van der Waals surface area contributed by atoms with E-state index in [2.05, 4.69) is 198 Å². The standard InChI is InChI=1S/C45H43N/c1-43(2,3)32-17-15-19-34(29-32)45(35-20-16-18-33(30-35)44(4,5)6)41-26-14-13-25-39(41)40-28-27-38(31-42(40)45)46(36-21-9-7-10-22-36)37-23-11-8-12-24-37/h7-31H,1-6H3. The van der Waals surface area contributed by atoms with Gasteiger partial charge in [-0.25, -0.2) is 0 Å². The van der Waals surface area contributed by atoms with E-state index in [1.54, 1.807) is 0 Å². The molecule has 0 saturated heterocycles. The first kappa shape index (κ1) is 29.8. The molecule has 0 heterocycles. The predicted molar refractivity (Wildman–Crippen MR) is 196 cm³/mol. The minimum absolute atomic E-state index is 0.0185. The monoisotopic (exact) mass is 597 g/mol. The maximum absolute atomic E-state index is 2.47. The van der Waals surface area contributed by atoms with Crippen molar-refractivity contribution in [1.29, 1.82) is 0 Å². The highest BCUT2D eigenvalue weighted by atomic mass is 15.1. The van der Waals surface area contributed by atoms with Gasteiger partial charge in [0, 0.05) is 17.1 Å². The number of anilines is 3. The molecule has 46 heavy (non-hydrogen) atoms. The number of benzene rings is 6. The Hall–Kier alpha value is -4.88. The van der Waals surface area contributed by atoms with Crippen molar-refractivity contribution in [3.8, 4) is 11.1 Å². The Morgan fingerprint density at radius 2 is 0.870 bits per heavy atom. The Kier molecular flexibility index (Phi) is 7.24.